The Kier molecular flexibility index (Phi) is 5.19. The molecule has 2 saturated carbocycles. The van der Waals surface area contributed by atoms with Gasteiger partial charge in [-0.3, -0.25) is 9.59 Å². The van der Waals surface area contributed by atoms with Gasteiger partial charge in [0.25, 0.3) is 0 Å². The minimum Gasteiger partial charge on any atom is -0.356 e. The minimum atomic E-state index is 0.0968. The van der Waals surface area contributed by atoms with E-state index in [-0.39, 0.29) is 29.7 Å². The van der Waals surface area contributed by atoms with Crippen molar-refractivity contribution >= 4 is 11.8 Å². The maximum atomic E-state index is 11.8. The summed E-state index contributed by atoms with van der Waals surface area (Å²) in [6.45, 7) is 1.29. The van der Waals surface area contributed by atoms with Crippen molar-refractivity contribution in [3.63, 3.8) is 0 Å². The number of carbonyl (C=O) groups is 2. The maximum Gasteiger partial charge on any atom is 0.223 e. The molecule has 108 valence electrons. The molecule has 2 unspecified atom stereocenters. The number of carbonyl (C=O) groups excluding carboxylic acids is 2. The van der Waals surface area contributed by atoms with E-state index in [9.17, 15) is 9.59 Å². The number of nitrogens with two attached hydrogens (primary N) is 1. The van der Waals surface area contributed by atoms with E-state index < -0.39 is 0 Å². The Balaban J connectivity index is 1.49. The van der Waals surface area contributed by atoms with Gasteiger partial charge in [0.1, 0.15) is 0 Å². The molecule has 19 heavy (non-hydrogen) atoms. The minimum absolute atomic E-state index is 0.0968. The third kappa shape index (κ3) is 4.20. The summed E-state index contributed by atoms with van der Waals surface area (Å²) in [5.41, 5.74) is 5.79. The van der Waals surface area contributed by atoms with Crippen molar-refractivity contribution in [3.05, 3.63) is 0 Å². The Morgan fingerprint density at radius 2 is 1.58 bits per heavy atom. The van der Waals surface area contributed by atoms with Gasteiger partial charge < -0.3 is 16.4 Å². The summed E-state index contributed by atoms with van der Waals surface area (Å²) in [6.07, 6.45) is 6.71. The van der Waals surface area contributed by atoms with E-state index in [2.05, 4.69) is 10.6 Å². The van der Waals surface area contributed by atoms with Crippen LogP contribution in [0, 0.1) is 11.8 Å². The van der Waals surface area contributed by atoms with Crippen molar-refractivity contribution in [1.29, 1.82) is 0 Å². The van der Waals surface area contributed by atoms with Crippen LogP contribution in [0.3, 0.4) is 0 Å². The molecule has 0 radical (unpaired) electrons. The summed E-state index contributed by atoms with van der Waals surface area (Å²) in [7, 11) is 0. The summed E-state index contributed by atoms with van der Waals surface area (Å²) < 4.78 is 0. The van der Waals surface area contributed by atoms with Crippen LogP contribution in [0.4, 0.5) is 0 Å². The lowest BCUT2D eigenvalue weighted by Gasteiger charge is -2.24. The second-order valence-electron chi connectivity index (χ2n) is 5.83. The number of rotatable bonds is 6. The van der Waals surface area contributed by atoms with Crippen molar-refractivity contribution < 1.29 is 9.59 Å². The first kappa shape index (κ1) is 14.3. The third-order valence-electron chi connectivity index (χ3n) is 4.27. The van der Waals surface area contributed by atoms with Gasteiger partial charge in [-0.1, -0.05) is 6.42 Å². The Hall–Kier alpha value is -1.10. The number of amides is 2. The van der Waals surface area contributed by atoms with Crippen LogP contribution in [0.2, 0.25) is 0 Å². The van der Waals surface area contributed by atoms with Crippen LogP contribution in [-0.4, -0.2) is 30.9 Å². The second kappa shape index (κ2) is 6.89. The van der Waals surface area contributed by atoms with Crippen LogP contribution in [-0.2, 0) is 9.59 Å². The number of hydrogen-bond donors (Lipinski definition) is 3. The summed E-state index contributed by atoms with van der Waals surface area (Å²) in [6, 6.07) is 0.192. The highest BCUT2D eigenvalue weighted by molar-refractivity contribution is 5.79. The predicted molar refractivity (Wildman–Crippen MR) is 73.3 cm³/mol. The van der Waals surface area contributed by atoms with Crippen molar-refractivity contribution in [3.8, 4) is 0 Å². The lowest BCUT2D eigenvalue weighted by atomic mass is 9.85. The van der Waals surface area contributed by atoms with Gasteiger partial charge in [0.2, 0.25) is 11.8 Å². The lowest BCUT2D eigenvalue weighted by molar-refractivity contribution is -0.127. The summed E-state index contributed by atoms with van der Waals surface area (Å²) >= 11 is 0. The molecule has 2 fully saturated rings. The first-order chi connectivity index (χ1) is 9.16. The molecule has 2 aliphatic rings. The van der Waals surface area contributed by atoms with E-state index in [1.807, 2.05) is 0 Å². The standard InChI is InChI=1S/C14H25N3O2/c15-12-6-5-11(9-12)14(19)17-8-2-7-16-13(18)10-3-1-4-10/h10-12H,1-9,15H2,(H,16,18)(H,17,19). The molecule has 2 aliphatic carbocycles. The fraction of sp³-hybridized carbons (Fsp3) is 0.857. The van der Waals surface area contributed by atoms with E-state index in [1.165, 1.54) is 6.42 Å². The molecule has 0 aromatic heterocycles. The fourth-order valence-electron chi connectivity index (χ4n) is 2.73. The molecule has 5 nitrogen and oxygen atoms in total. The first-order valence-corrected chi connectivity index (χ1v) is 7.48. The molecule has 0 spiro atoms. The predicted octanol–water partition coefficient (Wildman–Crippen LogP) is 0.536. The van der Waals surface area contributed by atoms with E-state index >= 15 is 0 Å². The summed E-state index contributed by atoms with van der Waals surface area (Å²) in [5.74, 6) is 0.645. The number of nitrogens with one attached hydrogen (secondary N) is 2. The van der Waals surface area contributed by atoms with Gasteiger partial charge in [0.05, 0.1) is 0 Å². The monoisotopic (exact) mass is 267 g/mol. The van der Waals surface area contributed by atoms with Crippen molar-refractivity contribution in [2.75, 3.05) is 13.1 Å². The van der Waals surface area contributed by atoms with E-state index in [0.717, 1.165) is 38.5 Å². The topological polar surface area (TPSA) is 84.2 Å². The van der Waals surface area contributed by atoms with Crippen molar-refractivity contribution in [1.82, 2.24) is 10.6 Å². The van der Waals surface area contributed by atoms with Gasteiger partial charge >= 0.3 is 0 Å². The molecule has 0 aromatic carbocycles. The zero-order valence-electron chi connectivity index (χ0n) is 11.5. The Morgan fingerprint density at radius 1 is 0.947 bits per heavy atom. The van der Waals surface area contributed by atoms with Crippen LogP contribution < -0.4 is 16.4 Å². The zero-order chi connectivity index (χ0) is 13.7. The molecular formula is C14H25N3O2. The van der Waals surface area contributed by atoms with Gasteiger partial charge in [0, 0.05) is 31.0 Å². The molecule has 0 aliphatic heterocycles. The van der Waals surface area contributed by atoms with E-state index in [4.69, 9.17) is 5.73 Å². The average Bonchev–Trinajstić information content (AvgIpc) is 2.73. The summed E-state index contributed by atoms with van der Waals surface area (Å²) in [4.78, 5) is 23.4. The molecule has 0 heterocycles. The molecule has 2 rings (SSSR count). The van der Waals surface area contributed by atoms with Crippen molar-refractivity contribution in [2.45, 2.75) is 51.0 Å². The molecule has 4 N–H and O–H groups in total. The quantitative estimate of drug-likeness (QED) is 0.614. The van der Waals surface area contributed by atoms with Gasteiger partial charge in [-0.15, -0.1) is 0 Å². The molecule has 0 bridgehead atoms. The van der Waals surface area contributed by atoms with Gasteiger partial charge in [-0.05, 0) is 38.5 Å². The molecule has 2 atom stereocenters. The Morgan fingerprint density at radius 3 is 2.05 bits per heavy atom. The third-order valence-corrected chi connectivity index (χ3v) is 4.27. The zero-order valence-corrected chi connectivity index (χ0v) is 11.5. The van der Waals surface area contributed by atoms with Crippen LogP contribution in [0.15, 0.2) is 0 Å². The molecule has 0 aromatic rings. The van der Waals surface area contributed by atoms with E-state index in [0.29, 0.717) is 13.1 Å². The molecule has 0 saturated heterocycles. The van der Waals surface area contributed by atoms with Gasteiger partial charge in [-0.2, -0.15) is 0 Å². The molecule has 2 amide bonds. The highest BCUT2D eigenvalue weighted by Gasteiger charge is 2.27. The van der Waals surface area contributed by atoms with Crippen LogP contribution in [0.5, 0.6) is 0 Å². The maximum absolute atomic E-state index is 11.8. The van der Waals surface area contributed by atoms with E-state index in [1.54, 1.807) is 0 Å². The van der Waals surface area contributed by atoms with Gasteiger partial charge in [-0.25, -0.2) is 0 Å². The second-order valence-corrected chi connectivity index (χ2v) is 5.83. The SMILES string of the molecule is NC1CCC(C(=O)NCCCNC(=O)C2CCC2)C1. The van der Waals surface area contributed by atoms with Crippen LogP contribution in [0.1, 0.15) is 44.9 Å². The normalized spacial score (nSPS) is 26.8. The largest absolute Gasteiger partial charge is 0.356 e. The first-order valence-electron chi connectivity index (χ1n) is 7.48. The highest BCUT2D eigenvalue weighted by atomic mass is 16.2. The number of hydrogen-bond acceptors (Lipinski definition) is 3. The Labute approximate surface area is 114 Å². The van der Waals surface area contributed by atoms with Crippen LogP contribution in [0.25, 0.3) is 0 Å². The molecular weight excluding hydrogens is 242 g/mol. The molecule has 5 heteroatoms. The summed E-state index contributed by atoms with van der Waals surface area (Å²) in [5, 5.41) is 5.85. The Bertz CT molecular complexity index is 329. The highest BCUT2D eigenvalue weighted by Crippen LogP contribution is 2.26. The van der Waals surface area contributed by atoms with Gasteiger partial charge in [0.15, 0.2) is 0 Å². The van der Waals surface area contributed by atoms with Crippen LogP contribution >= 0.6 is 0 Å². The van der Waals surface area contributed by atoms with Crippen molar-refractivity contribution in [2.24, 2.45) is 17.6 Å². The average molecular weight is 267 g/mol. The fourth-order valence-corrected chi connectivity index (χ4v) is 2.73. The lowest BCUT2D eigenvalue weighted by Crippen LogP contribution is -2.37. The smallest absolute Gasteiger partial charge is 0.223 e.